The fourth-order valence-electron chi connectivity index (χ4n) is 2.16. The van der Waals surface area contributed by atoms with Crippen molar-refractivity contribution in [1.29, 1.82) is 0 Å². The standard InChI is InChI=1S/C14H17NO5/c1-19-9-10-4-2-3-5-11(10)13(16)15-6-7-20-12(8-15)14(17)18/h2-5,12H,6-9H2,1H3,(H,17,18). The van der Waals surface area contributed by atoms with Crippen LogP contribution in [0.2, 0.25) is 0 Å². The quantitative estimate of drug-likeness (QED) is 0.880. The van der Waals surface area contributed by atoms with E-state index in [9.17, 15) is 9.59 Å². The van der Waals surface area contributed by atoms with E-state index in [0.717, 1.165) is 5.56 Å². The lowest BCUT2D eigenvalue weighted by atomic mass is 10.1. The van der Waals surface area contributed by atoms with Crippen LogP contribution in [0.5, 0.6) is 0 Å². The molecule has 1 amide bonds. The van der Waals surface area contributed by atoms with E-state index in [0.29, 0.717) is 18.7 Å². The molecule has 2 rings (SSSR count). The van der Waals surface area contributed by atoms with Crippen molar-refractivity contribution < 1.29 is 24.2 Å². The van der Waals surface area contributed by atoms with Gasteiger partial charge in [-0.2, -0.15) is 0 Å². The number of amides is 1. The lowest BCUT2D eigenvalue weighted by molar-refractivity contribution is -0.154. The Kier molecular flexibility index (Phi) is 4.70. The fourth-order valence-corrected chi connectivity index (χ4v) is 2.16. The molecule has 0 aromatic heterocycles. The first-order valence-electron chi connectivity index (χ1n) is 6.34. The van der Waals surface area contributed by atoms with Gasteiger partial charge in [-0.25, -0.2) is 4.79 Å². The van der Waals surface area contributed by atoms with Gasteiger partial charge < -0.3 is 19.5 Å². The van der Waals surface area contributed by atoms with Crippen molar-refractivity contribution in [1.82, 2.24) is 4.90 Å². The van der Waals surface area contributed by atoms with E-state index in [4.69, 9.17) is 14.6 Å². The van der Waals surface area contributed by atoms with Crippen LogP contribution in [0, 0.1) is 0 Å². The number of carboxylic acid groups (broad SMARTS) is 1. The van der Waals surface area contributed by atoms with Gasteiger partial charge in [-0.3, -0.25) is 4.79 Å². The molecule has 1 aliphatic rings. The molecular formula is C14H17NO5. The Hall–Kier alpha value is -1.92. The summed E-state index contributed by atoms with van der Waals surface area (Å²) in [5, 5.41) is 8.96. The number of hydrogen-bond acceptors (Lipinski definition) is 4. The summed E-state index contributed by atoms with van der Waals surface area (Å²) in [7, 11) is 1.57. The number of aliphatic carboxylic acids is 1. The zero-order chi connectivity index (χ0) is 14.5. The maximum atomic E-state index is 12.5. The largest absolute Gasteiger partial charge is 0.479 e. The van der Waals surface area contributed by atoms with E-state index in [1.54, 1.807) is 19.2 Å². The first-order chi connectivity index (χ1) is 9.63. The van der Waals surface area contributed by atoms with Gasteiger partial charge in [0, 0.05) is 19.2 Å². The number of methoxy groups -OCH3 is 1. The monoisotopic (exact) mass is 279 g/mol. The Morgan fingerprint density at radius 1 is 1.45 bits per heavy atom. The van der Waals surface area contributed by atoms with Crippen molar-refractivity contribution in [2.75, 3.05) is 26.8 Å². The molecule has 6 heteroatoms. The predicted octanol–water partition coefficient (Wildman–Crippen LogP) is 0.759. The topological polar surface area (TPSA) is 76.1 Å². The minimum Gasteiger partial charge on any atom is -0.479 e. The van der Waals surface area contributed by atoms with Gasteiger partial charge in [0.25, 0.3) is 5.91 Å². The molecule has 0 spiro atoms. The summed E-state index contributed by atoms with van der Waals surface area (Å²) in [5.41, 5.74) is 1.33. The van der Waals surface area contributed by atoms with Crippen LogP contribution in [0.15, 0.2) is 24.3 Å². The number of nitrogens with zero attached hydrogens (tertiary/aromatic N) is 1. The van der Waals surface area contributed by atoms with Crippen LogP contribution in [0.25, 0.3) is 0 Å². The van der Waals surface area contributed by atoms with Gasteiger partial charge in [-0.05, 0) is 11.6 Å². The highest BCUT2D eigenvalue weighted by Crippen LogP contribution is 2.15. The number of rotatable bonds is 4. The van der Waals surface area contributed by atoms with Crippen molar-refractivity contribution in [2.24, 2.45) is 0 Å². The average Bonchev–Trinajstić information content (AvgIpc) is 2.47. The van der Waals surface area contributed by atoms with Crippen LogP contribution in [0.1, 0.15) is 15.9 Å². The van der Waals surface area contributed by atoms with Crippen LogP contribution in [0.3, 0.4) is 0 Å². The van der Waals surface area contributed by atoms with Gasteiger partial charge in [0.05, 0.1) is 19.8 Å². The van der Waals surface area contributed by atoms with E-state index in [-0.39, 0.29) is 19.1 Å². The van der Waals surface area contributed by atoms with E-state index < -0.39 is 12.1 Å². The highest BCUT2D eigenvalue weighted by atomic mass is 16.5. The van der Waals surface area contributed by atoms with Gasteiger partial charge in [-0.1, -0.05) is 18.2 Å². The van der Waals surface area contributed by atoms with Crippen LogP contribution < -0.4 is 0 Å². The molecule has 108 valence electrons. The summed E-state index contributed by atoms with van der Waals surface area (Å²) in [4.78, 5) is 24.9. The Bertz CT molecular complexity index is 502. The van der Waals surface area contributed by atoms with Crippen LogP contribution in [0.4, 0.5) is 0 Å². The van der Waals surface area contributed by atoms with Gasteiger partial charge in [0.15, 0.2) is 6.10 Å². The molecule has 1 aliphatic heterocycles. The lowest BCUT2D eigenvalue weighted by Gasteiger charge is -2.31. The third kappa shape index (κ3) is 3.15. The molecule has 6 nitrogen and oxygen atoms in total. The molecule has 0 bridgehead atoms. The van der Waals surface area contributed by atoms with Crippen molar-refractivity contribution in [2.45, 2.75) is 12.7 Å². The second kappa shape index (κ2) is 6.49. The predicted molar refractivity (Wildman–Crippen MR) is 70.4 cm³/mol. The SMILES string of the molecule is COCc1ccccc1C(=O)N1CCOC(C(=O)O)C1. The van der Waals surface area contributed by atoms with Crippen molar-refractivity contribution >= 4 is 11.9 Å². The third-order valence-electron chi connectivity index (χ3n) is 3.18. The van der Waals surface area contributed by atoms with Gasteiger partial charge in [0.2, 0.25) is 0 Å². The fraction of sp³-hybridized carbons (Fsp3) is 0.429. The normalized spacial score (nSPS) is 18.9. The summed E-state index contributed by atoms with van der Waals surface area (Å²) < 4.78 is 10.2. The highest BCUT2D eigenvalue weighted by molar-refractivity contribution is 5.96. The summed E-state index contributed by atoms with van der Waals surface area (Å²) >= 11 is 0. The van der Waals surface area contributed by atoms with Gasteiger partial charge in [0.1, 0.15) is 0 Å². The summed E-state index contributed by atoms with van der Waals surface area (Å²) in [5.74, 6) is -1.24. The molecule has 1 atom stereocenters. The summed E-state index contributed by atoms with van der Waals surface area (Å²) in [6.45, 7) is 1.03. The van der Waals surface area contributed by atoms with Crippen molar-refractivity contribution in [3.63, 3.8) is 0 Å². The molecule has 1 aromatic rings. The molecule has 0 saturated carbocycles. The molecule has 1 aromatic carbocycles. The zero-order valence-electron chi connectivity index (χ0n) is 11.2. The Labute approximate surface area is 116 Å². The molecular weight excluding hydrogens is 262 g/mol. The first-order valence-corrected chi connectivity index (χ1v) is 6.34. The van der Waals surface area contributed by atoms with Crippen LogP contribution in [-0.4, -0.2) is 54.8 Å². The zero-order valence-corrected chi connectivity index (χ0v) is 11.2. The minimum atomic E-state index is -1.05. The Morgan fingerprint density at radius 2 is 2.20 bits per heavy atom. The van der Waals surface area contributed by atoms with Crippen LogP contribution >= 0.6 is 0 Å². The van der Waals surface area contributed by atoms with Gasteiger partial charge >= 0.3 is 5.97 Å². The first kappa shape index (κ1) is 14.5. The lowest BCUT2D eigenvalue weighted by Crippen LogP contribution is -2.48. The van der Waals surface area contributed by atoms with Crippen molar-refractivity contribution in [3.8, 4) is 0 Å². The van der Waals surface area contributed by atoms with E-state index in [2.05, 4.69) is 0 Å². The number of benzene rings is 1. The third-order valence-corrected chi connectivity index (χ3v) is 3.18. The average molecular weight is 279 g/mol. The molecule has 1 fully saturated rings. The smallest absolute Gasteiger partial charge is 0.334 e. The molecule has 1 heterocycles. The number of carbonyl (C=O) groups is 2. The molecule has 0 aliphatic carbocycles. The number of carboxylic acids is 1. The maximum Gasteiger partial charge on any atom is 0.334 e. The highest BCUT2D eigenvalue weighted by Gasteiger charge is 2.30. The maximum absolute atomic E-state index is 12.5. The summed E-state index contributed by atoms with van der Waals surface area (Å²) in [6, 6.07) is 7.17. The number of morpholine rings is 1. The van der Waals surface area contributed by atoms with E-state index in [1.807, 2.05) is 12.1 Å². The van der Waals surface area contributed by atoms with Gasteiger partial charge in [-0.15, -0.1) is 0 Å². The molecule has 1 saturated heterocycles. The summed E-state index contributed by atoms with van der Waals surface area (Å²) in [6.07, 6.45) is -0.956. The Balaban J connectivity index is 2.16. The number of carbonyl (C=O) groups excluding carboxylic acids is 1. The Morgan fingerprint density at radius 3 is 2.90 bits per heavy atom. The van der Waals surface area contributed by atoms with Crippen LogP contribution in [-0.2, 0) is 20.9 Å². The van der Waals surface area contributed by atoms with Crippen molar-refractivity contribution in [3.05, 3.63) is 35.4 Å². The second-order valence-electron chi connectivity index (χ2n) is 4.54. The minimum absolute atomic E-state index is 0.0650. The van der Waals surface area contributed by atoms with E-state index in [1.165, 1.54) is 4.90 Å². The molecule has 20 heavy (non-hydrogen) atoms. The number of hydrogen-bond donors (Lipinski definition) is 1. The van der Waals surface area contributed by atoms with E-state index >= 15 is 0 Å². The molecule has 1 unspecified atom stereocenters. The second-order valence-corrected chi connectivity index (χ2v) is 4.54. The molecule has 0 radical (unpaired) electrons. The number of ether oxygens (including phenoxy) is 2. The molecule has 1 N–H and O–H groups in total.